The third kappa shape index (κ3) is 6.67. The maximum atomic E-state index is 12.6. The summed E-state index contributed by atoms with van der Waals surface area (Å²) in [5.74, 6) is -0.359. The molecule has 0 aliphatic heterocycles. The van der Waals surface area contributed by atoms with E-state index < -0.39 is 10.0 Å². The largest absolute Gasteiger partial charge is 0.332 e. The highest BCUT2D eigenvalue weighted by Crippen LogP contribution is 2.17. The lowest BCUT2D eigenvalue weighted by molar-refractivity contribution is -0.115. The van der Waals surface area contributed by atoms with Crippen molar-refractivity contribution in [3.63, 3.8) is 0 Å². The monoisotopic (exact) mass is 473 g/mol. The first-order chi connectivity index (χ1) is 14.7. The third-order valence-corrected chi connectivity index (χ3v) is 6.20. The number of amides is 1. The highest BCUT2D eigenvalue weighted by Gasteiger charge is 2.16. The second kappa shape index (κ2) is 9.77. The van der Waals surface area contributed by atoms with Crippen LogP contribution in [0.5, 0.6) is 0 Å². The number of benzene rings is 1. The lowest BCUT2D eigenvalue weighted by Gasteiger charge is -2.10. The van der Waals surface area contributed by atoms with Crippen LogP contribution < -0.4 is 15.4 Å². The van der Waals surface area contributed by atoms with Crippen LogP contribution in [0.2, 0.25) is 0 Å². The maximum Gasteiger partial charge on any atom is 0.264 e. The molecule has 31 heavy (non-hydrogen) atoms. The molecule has 0 aliphatic rings. The predicted molar refractivity (Wildman–Crippen MR) is 126 cm³/mol. The normalized spacial score (nSPS) is 11.3. The van der Waals surface area contributed by atoms with Gasteiger partial charge in [0.2, 0.25) is 11.9 Å². The summed E-state index contributed by atoms with van der Waals surface area (Å²) >= 11 is 6.64. The molecule has 0 radical (unpaired) electrons. The quantitative estimate of drug-likeness (QED) is 0.371. The summed E-state index contributed by atoms with van der Waals surface area (Å²) in [6, 6.07) is 11.4. The smallest absolute Gasteiger partial charge is 0.264 e. The first-order valence-electron chi connectivity index (χ1n) is 9.00. The fourth-order valence-electron chi connectivity index (χ4n) is 2.53. The van der Waals surface area contributed by atoms with Crippen LogP contribution in [0.1, 0.15) is 16.3 Å². The fraction of sp³-hybridized carbons (Fsp3) is 0.100. The van der Waals surface area contributed by atoms with E-state index in [1.54, 1.807) is 26.0 Å². The number of nitrogens with zero attached hydrogens (tertiary/aromatic N) is 2. The summed E-state index contributed by atoms with van der Waals surface area (Å²) in [5, 5.41) is 7.38. The number of thiophene rings is 1. The molecule has 0 atom stereocenters. The van der Waals surface area contributed by atoms with Gasteiger partial charge in [-0.25, -0.2) is 23.1 Å². The molecule has 0 spiro atoms. The Morgan fingerprint density at radius 1 is 1.10 bits per heavy atom. The molecule has 0 aliphatic carbocycles. The molecule has 3 rings (SSSR count). The Morgan fingerprint density at radius 2 is 1.77 bits per heavy atom. The van der Waals surface area contributed by atoms with E-state index in [0.29, 0.717) is 17.1 Å². The minimum atomic E-state index is -3.85. The molecular weight excluding hydrogens is 454 g/mol. The number of carbonyl (C=O) groups excluding carboxylic acids is 1. The van der Waals surface area contributed by atoms with Crippen LogP contribution >= 0.6 is 23.6 Å². The molecule has 3 N–H and O–H groups in total. The Balaban J connectivity index is 1.60. The van der Waals surface area contributed by atoms with Crippen molar-refractivity contribution in [3.05, 3.63) is 70.2 Å². The van der Waals surface area contributed by atoms with Crippen LogP contribution in [0, 0.1) is 13.8 Å². The Bertz CT molecular complexity index is 1200. The van der Waals surface area contributed by atoms with E-state index >= 15 is 0 Å². The molecule has 0 saturated heterocycles. The molecular formula is C20H19N5O3S3. The minimum absolute atomic E-state index is 0.0131. The number of carbonyl (C=O) groups is 1. The summed E-state index contributed by atoms with van der Waals surface area (Å²) in [6.45, 7) is 3.51. The zero-order valence-corrected chi connectivity index (χ0v) is 19.1. The molecule has 160 valence electrons. The first kappa shape index (κ1) is 22.5. The van der Waals surface area contributed by atoms with E-state index in [1.807, 2.05) is 17.5 Å². The van der Waals surface area contributed by atoms with E-state index in [9.17, 15) is 13.2 Å². The molecule has 2 heterocycles. The molecule has 1 aromatic carbocycles. The second-order valence-corrected chi connectivity index (χ2v) is 9.47. The Hall–Kier alpha value is -3.15. The number of thiocarbonyl (C=S) groups is 1. The van der Waals surface area contributed by atoms with Crippen molar-refractivity contribution in [2.45, 2.75) is 18.7 Å². The van der Waals surface area contributed by atoms with Gasteiger partial charge in [0.25, 0.3) is 10.0 Å². The molecule has 8 nitrogen and oxygen atoms in total. The molecule has 0 saturated carbocycles. The van der Waals surface area contributed by atoms with Gasteiger partial charge in [0.1, 0.15) is 0 Å². The Kier molecular flexibility index (Phi) is 7.10. The van der Waals surface area contributed by atoms with Crippen molar-refractivity contribution < 1.29 is 13.2 Å². The van der Waals surface area contributed by atoms with Crippen LogP contribution in [0.3, 0.4) is 0 Å². The third-order valence-electron chi connectivity index (χ3n) is 3.81. The highest BCUT2D eigenvalue weighted by atomic mass is 32.2. The number of aryl methyl sites for hydroxylation is 2. The molecule has 0 fully saturated rings. The standard InChI is InChI=1S/C20H19N5O3S3/c1-13-12-14(2)22-19(21-13)25-31(27,28)17-8-5-15(6-9-17)23-20(29)24-18(26)10-7-16-4-3-11-30-16/h3-12H,1-2H3,(H,21,22,25)(H2,23,24,26,29)/b10-7+. The molecule has 0 bridgehead atoms. The number of anilines is 2. The predicted octanol–water partition coefficient (Wildman–Crippen LogP) is 3.48. The molecule has 11 heteroatoms. The van der Waals surface area contributed by atoms with Crippen LogP contribution in [0.15, 0.2) is 58.8 Å². The molecule has 1 amide bonds. The van der Waals surface area contributed by atoms with Gasteiger partial charge in [-0.1, -0.05) is 6.07 Å². The number of aromatic nitrogens is 2. The van der Waals surface area contributed by atoms with Crippen molar-refractivity contribution in [3.8, 4) is 0 Å². The van der Waals surface area contributed by atoms with Crippen LogP contribution in [0.4, 0.5) is 11.6 Å². The van der Waals surface area contributed by atoms with E-state index in [4.69, 9.17) is 12.2 Å². The zero-order chi connectivity index (χ0) is 22.4. The molecule has 2 aromatic heterocycles. The van der Waals surface area contributed by atoms with E-state index in [0.717, 1.165) is 4.88 Å². The topological polar surface area (TPSA) is 113 Å². The van der Waals surface area contributed by atoms with Gasteiger partial charge in [-0.15, -0.1) is 11.3 Å². The minimum Gasteiger partial charge on any atom is -0.332 e. The summed E-state index contributed by atoms with van der Waals surface area (Å²) < 4.78 is 27.5. The highest BCUT2D eigenvalue weighted by molar-refractivity contribution is 7.92. The van der Waals surface area contributed by atoms with Gasteiger partial charge in [0.05, 0.1) is 4.90 Å². The van der Waals surface area contributed by atoms with Gasteiger partial charge in [-0.3, -0.25) is 10.1 Å². The van der Waals surface area contributed by atoms with Crippen LogP contribution in [-0.4, -0.2) is 29.4 Å². The number of sulfonamides is 1. The van der Waals surface area contributed by atoms with Gasteiger partial charge < -0.3 is 5.32 Å². The van der Waals surface area contributed by atoms with Crippen molar-refractivity contribution in [2.75, 3.05) is 10.0 Å². The Labute approximate surface area is 189 Å². The van der Waals surface area contributed by atoms with Gasteiger partial charge in [0.15, 0.2) is 5.11 Å². The van der Waals surface area contributed by atoms with Gasteiger partial charge in [-0.05, 0) is 73.9 Å². The van der Waals surface area contributed by atoms with E-state index in [1.165, 1.54) is 41.7 Å². The molecule has 0 unspecified atom stereocenters. The average molecular weight is 474 g/mol. The summed E-state index contributed by atoms with van der Waals surface area (Å²) in [7, 11) is -3.85. The number of hydrogen-bond donors (Lipinski definition) is 3. The summed E-state index contributed by atoms with van der Waals surface area (Å²) in [5.41, 5.74) is 1.84. The number of hydrogen-bond acceptors (Lipinski definition) is 7. The average Bonchev–Trinajstić information content (AvgIpc) is 3.19. The Morgan fingerprint density at radius 3 is 2.39 bits per heavy atom. The van der Waals surface area contributed by atoms with Crippen molar-refractivity contribution >= 4 is 62.3 Å². The van der Waals surface area contributed by atoms with Gasteiger partial charge >= 0.3 is 0 Å². The first-order valence-corrected chi connectivity index (χ1v) is 11.8. The van der Waals surface area contributed by atoms with Crippen LogP contribution in [0.25, 0.3) is 6.08 Å². The van der Waals surface area contributed by atoms with Crippen molar-refractivity contribution in [1.82, 2.24) is 15.3 Å². The van der Waals surface area contributed by atoms with Crippen molar-refractivity contribution in [2.24, 2.45) is 0 Å². The second-order valence-electron chi connectivity index (χ2n) is 6.40. The van der Waals surface area contributed by atoms with Crippen molar-refractivity contribution in [1.29, 1.82) is 0 Å². The lowest BCUT2D eigenvalue weighted by Crippen LogP contribution is -2.32. The maximum absolute atomic E-state index is 12.6. The zero-order valence-electron chi connectivity index (χ0n) is 16.6. The van der Waals surface area contributed by atoms with Gasteiger partial charge in [-0.2, -0.15) is 0 Å². The summed E-state index contributed by atoms with van der Waals surface area (Å²) in [4.78, 5) is 21.1. The van der Waals surface area contributed by atoms with E-state index in [2.05, 4.69) is 25.3 Å². The van der Waals surface area contributed by atoms with E-state index in [-0.39, 0.29) is 21.9 Å². The number of rotatable bonds is 6. The lowest BCUT2D eigenvalue weighted by atomic mass is 10.3. The molecule has 3 aromatic rings. The summed E-state index contributed by atoms with van der Waals surface area (Å²) in [6.07, 6.45) is 3.07. The SMILES string of the molecule is Cc1cc(C)nc(NS(=O)(=O)c2ccc(NC(=S)NC(=O)/C=C/c3cccs3)cc2)n1. The number of nitrogens with one attached hydrogen (secondary N) is 3. The fourth-order valence-corrected chi connectivity index (χ4v) is 4.31. The van der Waals surface area contributed by atoms with Gasteiger partial charge in [0, 0.05) is 28.0 Å². The van der Waals surface area contributed by atoms with Crippen LogP contribution in [-0.2, 0) is 14.8 Å².